The van der Waals surface area contributed by atoms with Gasteiger partial charge >= 0.3 is 0 Å². The number of carbonyl (C=O) groups excluding carboxylic acids is 2. The smallest absolute Gasteiger partial charge is 0.282 e. The molecule has 3 aromatic carbocycles. The molecule has 6 heteroatoms. The van der Waals surface area contributed by atoms with Crippen LogP contribution in [0.3, 0.4) is 0 Å². The minimum absolute atomic E-state index is 0.232. The van der Waals surface area contributed by atoms with Crippen LogP contribution in [0, 0.1) is 12.7 Å². The topological polar surface area (TPSA) is 40.6 Å². The Morgan fingerprint density at radius 2 is 1.61 bits per heavy atom. The summed E-state index contributed by atoms with van der Waals surface area (Å²) in [6.45, 7) is 4.19. The summed E-state index contributed by atoms with van der Waals surface area (Å²) in [6.07, 6.45) is 0. The fraction of sp³-hybridized carbons (Fsp3) is 0.120. The Bertz CT molecular complexity index is 1190. The molecule has 156 valence electrons. The second-order valence-corrected chi connectivity index (χ2v) is 7.62. The number of halogens is 2. The van der Waals surface area contributed by atoms with E-state index in [-0.39, 0.29) is 11.3 Å². The largest absolute Gasteiger partial charge is 0.337 e. The van der Waals surface area contributed by atoms with Crippen LogP contribution >= 0.6 is 11.6 Å². The lowest BCUT2D eigenvalue weighted by molar-refractivity contribution is -0.120. The first-order chi connectivity index (χ1) is 14.9. The Kier molecular flexibility index (Phi) is 5.61. The fourth-order valence-corrected chi connectivity index (χ4v) is 3.93. The van der Waals surface area contributed by atoms with Crippen LogP contribution in [0.5, 0.6) is 0 Å². The highest BCUT2D eigenvalue weighted by atomic mass is 35.5. The van der Waals surface area contributed by atoms with Crippen LogP contribution in [-0.4, -0.2) is 18.4 Å². The zero-order valence-electron chi connectivity index (χ0n) is 17.1. The lowest BCUT2D eigenvalue weighted by Crippen LogP contribution is -2.35. The third kappa shape index (κ3) is 3.73. The van der Waals surface area contributed by atoms with E-state index in [9.17, 15) is 14.0 Å². The van der Waals surface area contributed by atoms with Gasteiger partial charge in [0.1, 0.15) is 11.5 Å². The molecular formula is C25H20ClFN2O2. The molecule has 0 atom stereocenters. The third-order valence-corrected chi connectivity index (χ3v) is 5.49. The molecule has 0 fully saturated rings. The molecule has 0 unspecified atom stereocenters. The van der Waals surface area contributed by atoms with Gasteiger partial charge in [-0.1, -0.05) is 48.0 Å². The number of amides is 2. The molecule has 1 aliphatic heterocycles. The van der Waals surface area contributed by atoms with E-state index < -0.39 is 17.6 Å². The normalized spacial score (nSPS) is 13.9. The van der Waals surface area contributed by atoms with Crippen molar-refractivity contribution < 1.29 is 14.0 Å². The maximum Gasteiger partial charge on any atom is 0.282 e. The number of imide groups is 1. The minimum Gasteiger partial charge on any atom is -0.337 e. The first kappa shape index (κ1) is 20.8. The van der Waals surface area contributed by atoms with Crippen LogP contribution in [0.25, 0.3) is 5.57 Å². The predicted octanol–water partition coefficient (Wildman–Crippen LogP) is 5.60. The van der Waals surface area contributed by atoms with Gasteiger partial charge in [0.2, 0.25) is 0 Å². The Hall–Kier alpha value is -3.44. The summed E-state index contributed by atoms with van der Waals surface area (Å²) in [5.41, 5.74) is 2.92. The zero-order valence-corrected chi connectivity index (χ0v) is 17.9. The van der Waals surface area contributed by atoms with Crippen molar-refractivity contribution in [2.45, 2.75) is 13.8 Å². The van der Waals surface area contributed by atoms with Gasteiger partial charge in [0, 0.05) is 17.3 Å². The number of nitrogens with zero attached hydrogens (tertiary/aromatic N) is 2. The van der Waals surface area contributed by atoms with Crippen LogP contribution in [-0.2, 0) is 9.59 Å². The van der Waals surface area contributed by atoms with Crippen LogP contribution < -0.4 is 9.80 Å². The van der Waals surface area contributed by atoms with Crippen molar-refractivity contribution in [2.24, 2.45) is 0 Å². The summed E-state index contributed by atoms with van der Waals surface area (Å²) >= 11 is 6.17. The Morgan fingerprint density at radius 1 is 0.935 bits per heavy atom. The van der Waals surface area contributed by atoms with Gasteiger partial charge in [0.25, 0.3) is 11.8 Å². The molecule has 0 aromatic heterocycles. The van der Waals surface area contributed by atoms with Gasteiger partial charge in [-0.3, -0.25) is 9.59 Å². The monoisotopic (exact) mass is 434 g/mol. The van der Waals surface area contributed by atoms with Gasteiger partial charge in [0.05, 0.1) is 11.3 Å². The molecule has 0 saturated heterocycles. The molecule has 31 heavy (non-hydrogen) atoms. The summed E-state index contributed by atoms with van der Waals surface area (Å²) in [5, 5.41) is 0.424. The standard InChI is InChI=1S/C25H20ClFN2O2/c1-3-28(20-7-5-4-6-8-20)23-22(17-10-13-19(27)14-11-17)24(30)29(25(23)31)21-15-18(26)12-9-16(21)2/h4-15H,3H2,1-2H3. The van der Waals surface area contributed by atoms with Gasteiger partial charge in [-0.05, 0) is 61.4 Å². The predicted molar refractivity (Wildman–Crippen MR) is 121 cm³/mol. The highest BCUT2D eigenvalue weighted by Crippen LogP contribution is 2.38. The molecule has 1 heterocycles. The van der Waals surface area contributed by atoms with Gasteiger partial charge in [0.15, 0.2) is 0 Å². The van der Waals surface area contributed by atoms with Crippen molar-refractivity contribution in [1.82, 2.24) is 0 Å². The number of hydrogen-bond acceptors (Lipinski definition) is 3. The quantitative estimate of drug-likeness (QED) is 0.491. The molecule has 3 aromatic rings. The molecule has 0 radical (unpaired) electrons. The van der Waals surface area contributed by atoms with E-state index in [1.165, 1.54) is 24.3 Å². The summed E-state index contributed by atoms with van der Waals surface area (Å²) in [6, 6.07) is 20.1. The van der Waals surface area contributed by atoms with E-state index in [4.69, 9.17) is 11.6 Å². The van der Waals surface area contributed by atoms with E-state index in [2.05, 4.69) is 0 Å². The first-order valence-electron chi connectivity index (χ1n) is 9.90. The van der Waals surface area contributed by atoms with Gasteiger partial charge in [-0.2, -0.15) is 0 Å². The maximum absolute atomic E-state index is 13.7. The van der Waals surface area contributed by atoms with Crippen molar-refractivity contribution in [2.75, 3.05) is 16.3 Å². The van der Waals surface area contributed by atoms with Crippen molar-refractivity contribution in [3.05, 3.63) is 100 Å². The number of benzene rings is 3. The van der Waals surface area contributed by atoms with Crippen molar-refractivity contribution in [1.29, 1.82) is 0 Å². The molecule has 2 amide bonds. The van der Waals surface area contributed by atoms with Gasteiger partial charge < -0.3 is 4.90 Å². The van der Waals surface area contributed by atoms with E-state index in [1.54, 1.807) is 23.1 Å². The molecule has 0 bridgehead atoms. The second kappa shape index (κ2) is 8.36. The molecule has 0 saturated carbocycles. The molecule has 0 N–H and O–H groups in total. The van der Waals surface area contributed by atoms with Gasteiger partial charge in [-0.25, -0.2) is 9.29 Å². The SMILES string of the molecule is CCN(C1=C(c2ccc(F)cc2)C(=O)N(c2cc(Cl)ccc2C)C1=O)c1ccccc1. The maximum atomic E-state index is 13.7. The van der Waals surface area contributed by atoms with Crippen molar-refractivity contribution in [3.8, 4) is 0 Å². The fourth-order valence-electron chi connectivity index (χ4n) is 3.77. The highest BCUT2D eigenvalue weighted by molar-refractivity contribution is 6.46. The Balaban J connectivity index is 1.93. The molecule has 1 aliphatic rings. The zero-order chi connectivity index (χ0) is 22.1. The summed E-state index contributed by atoms with van der Waals surface area (Å²) in [7, 11) is 0. The van der Waals surface area contributed by atoms with Crippen LogP contribution in [0.4, 0.5) is 15.8 Å². The molecule has 4 nitrogen and oxygen atoms in total. The average molecular weight is 435 g/mol. The van der Waals surface area contributed by atoms with E-state index >= 15 is 0 Å². The van der Waals surface area contributed by atoms with E-state index in [1.807, 2.05) is 44.2 Å². The summed E-state index contributed by atoms with van der Waals surface area (Å²) < 4.78 is 13.6. The average Bonchev–Trinajstić information content (AvgIpc) is 3.02. The second-order valence-electron chi connectivity index (χ2n) is 7.19. The number of para-hydroxylation sites is 1. The molecule has 0 spiro atoms. The molecule has 0 aliphatic carbocycles. The minimum atomic E-state index is -0.466. The third-order valence-electron chi connectivity index (χ3n) is 5.26. The summed E-state index contributed by atoms with van der Waals surface area (Å²) in [4.78, 5) is 30.3. The van der Waals surface area contributed by atoms with Crippen molar-refractivity contribution >= 4 is 40.4 Å². The van der Waals surface area contributed by atoms with Gasteiger partial charge in [-0.15, -0.1) is 0 Å². The molecule has 4 rings (SSSR count). The Labute approximate surface area is 185 Å². The van der Waals surface area contributed by atoms with E-state index in [0.29, 0.717) is 22.8 Å². The van der Waals surface area contributed by atoms with Crippen LogP contribution in [0.1, 0.15) is 18.1 Å². The number of hydrogen-bond donors (Lipinski definition) is 0. The summed E-state index contributed by atoms with van der Waals surface area (Å²) in [5.74, 6) is -1.33. The van der Waals surface area contributed by atoms with E-state index in [0.717, 1.165) is 16.2 Å². The number of aryl methyl sites for hydroxylation is 1. The highest BCUT2D eigenvalue weighted by Gasteiger charge is 2.43. The van der Waals surface area contributed by atoms with Crippen molar-refractivity contribution in [3.63, 3.8) is 0 Å². The number of anilines is 2. The Morgan fingerprint density at radius 3 is 2.26 bits per heavy atom. The lowest BCUT2D eigenvalue weighted by Gasteiger charge is -2.25. The molecular weight excluding hydrogens is 415 g/mol. The first-order valence-corrected chi connectivity index (χ1v) is 10.3. The van der Waals surface area contributed by atoms with Crippen LogP contribution in [0.2, 0.25) is 5.02 Å². The number of rotatable bonds is 5. The number of likely N-dealkylation sites (N-methyl/N-ethyl adjacent to an activating group) is 1. The van der Waals surface area contributed by atoms with Crippen LogP contribution in [0.15, 0.2) is 78.5 Å². The number of carbonyl (C=O) groups is 2. The lowest BCUT2D eigenvalue weighted by atomic mass is 10.0.